The number of benzene rings is 1. The summed E-state index contributed by atoms with van der Waals surface area (Å²) in [5.41, 5.74) is -3.99. The fraction of sp³-hybridized carbons (Fsp3) is 0.133. The Morgan fingerprint density at radius 3 is 2.35 bits per heavy atom. The molecule has 1 aliphatic rings. The SMILES string of the molecule is O=C(NC1(C(F)(F)F)NC(=O)N(c2ccc(F)cc2)C1=O)c1ccco1. The van der Waals surface area contributed by atoms with Crippen molar-refractivity contribution < 1.29 is 36.4 Å². The lowest BCUT2D eigenvalue weighted by molar-refractivity contribution is -0.197. The van der Waals surface area contributed by atoms with Crippen LogP contribution in [-0.4, -0.2) is 29.7 Å². The first-order chi connectivity index (χ1) is 12.2. The summed E-state index contributed by atoms with van der Waals surface area (Å²) in [5, 5.41) is 2.93. The smallest absolute Gasteiger partial charge is 0.440 e. The molecule has 1 aromatic heterocycles. The molecule has 0 bridgehead atoms. The molecule has 0 aliphatic carbocycles. The zero-order valence-electron chi connectivity index (χ0n) is 12.6. The van der Waals surface area contributed by atoms with Crippen LogP contribution >= 0.6 is 0 Å². The van der Waals surface area contributed by atoms with Crippen LogP contribution in [0.2, 0.25) is 0 Å². The number of furan rings is 1. The van der Waals surface area contributed by atoms with Crippen molar-refractivity contribution in [3.05, 3.63) is 54.2 Å². The standard InChI is InChI=1S/C15H9F4N3O4/c16-8-3-5-9(6-4-8)22-12(24)14(15(17,18)19,21-13(22)25)20-11(23)10-2-1-7-26-10/h1-7H,(H,20,23)(H,21,25). The second-order valence-corrected chi connectivity index (χ2v) is 5.23. The molecule has 4 amide bonds. The van der Waals surface area contributed by atoms with Crippen LogP contribution in [0.1, 0.15) is 10.6 Å². The highest BCUT2D eigenvalue weighted by Gasteiger charge is 2.69. The van der Waals surface area contributed by atoms with Crippen molar-refractivity contribution in [3.63, 3.8) is 0 Å². The first-order valence-electron chi connectivity index (χ1n) is 7.01. The molecule has 2 aromatic rings. The van der Waals surface area contributed by atoms with Gasteiger partial charge in [-0.15, -0.1) is 0 Å². The van der Waals surface area contributed by atoms with E-state index in [2.05, 4.69) is 0 Å². The van der Waals surface area contributed by atoms with Crippen molar-refractivity contribution in [1.29, 1.82) is 0 Å². The number of imide groups is 1. The number of carbonyl (C=O) groups is 3. The summed E-state index contributed by atoms with van der Waals surface area (Å²) < 4.78 is 58.6. The Morgan fingerprint density at radius 1 is 1.15 bits per heavy atom. The Bertz CT molecular complexity index is 864. The number of nitrogens with zero attached hydrogens (tertiary/aromatic N) is 1. The van der Waals surface area contributed by atoms with Crippen LogP contribution in [0.25, 0.3) is 0 Å². The molecular formula is C15H9F4N3O4. The number of anilines is 1. The maximum absolute atomic E-state index is 13.6. The summed E-state index contributed by atoms with van der Waals surface area (Å²) >= 11 is 0. The molecule has 7 nitrogen and oxygen atoms in total. The molecule has 1 atom stereocenters. The number of nitrogens with one attached hydrogen (secondary N) is 2. The molecule has 136 valence electrons. The van der Waals surface area contributed by atoms with Gasteiger partial charge in [0.15, 0.2) is 5.76 Å². The van der Waals surface area contributed by atoms with Crippen molar-refractivity contribution in [3.8, 4) is 0 Å². The Kier molecular flexibility index (Phi) is 3.93. The summed E-state index contributed by atoms with van der Waals surface area (Å²) in [5.74, 6) is -4.35. The summed E-state index contributed by atoms with van der Waals surface area (Å²) in [6.45, 7) is 0. The van der Waals surface area contributed by atoms with Crippen LogP contribution in [0.3, 0.4) is 0 Å². The average Bonchev–Trinajstić information content (AvgIpc) is 3.16. The molecule has 1 aromatic carbocycles. The monoisotopic (exact) mass is 371 g/mol. The molecule has 2 N–H and O–H groups in total. The van der Waals surface area contributed by atoms with Gasteiger partial charge in [0.25, 0.3) is 17.5 Å². The number of carbonyl (C=O) groups excluding carboxylic acids is 3. The maximum atomic E-state index is 13.6. The first kappa shape index (κ1) is 17.5. The van der Waals surface area contributed by atoms with Gasteiger partial charge in [-0.1, -0.05) is 0 Å². The molecule has 3 rings (SSSR count). The van der Waals surface area contributed by atoms with Gasteiger partial charge in [0, 0.05) is 0 Å². The summed E-state index contributed by atoms with van der Waals surface area (Å²) in [6.07, 6.45) is -4.31. The lowest BCUT2D eigenvalue weighted by Crippen LogP contribution is -2.69. The normalized spacial score (nSPS) is 20.2. The van der Waals surface area contributed by atoms with E-state index in [1.807, 2.05) is 0 Å². The van der Waals surface area contributed by atoms with Gasteiger partial charge >= 0.3 is 12.2 Å². The van der Waals surface area contributed by atoms with E-state index >= 15 is 0 Å². The van der Waals surface area contributed by atoms with Gasteiger partial charge in [-0.25, -0.2) is 14.1 Å². The number of urea groups is 1. The van der Waals surface area contributed by atoms with Crippen molar-refractivity contribution in [2.45, 2.75) is 11.8 Å². The molecule has 1 saturated heterocycles. The molecule has 26 heavy (non-hydrogen) atoms. The predicted molar refractivity (Wildman–Crippen MR) is 77.4 cm³/mol. The van der Waals surface area contributed by atoms with Crippen LogP contribution in [-0.2, 0) is 4.79 Å². The third-order valence-electron chi connectivity index (χ3n) is 3.58. The molecule has 0 saturated carbocycles. The van der Waals surface area contributed by atoms with Gasteiger partial charge in [0.2, 0.25) is 0 Å². The summed E-state index contributed by atoms with van der Waals surface area (Å²) in [4.78, 5) is 36.6. The molecule has 1 unspecified atom stereocenters. The highest BCUT2D eigenvalue weighted by atomic mass is 19.4. The molecule has 0 spiro atoms. The number of hydrogen-bond donors (Lipinski definition) is 2. The van der Waals surface area contributed by atoms with E-state index < -0.39 is 41.3 Å². The van der Waals surface area contributed by atoms with Gasteiger partial charge in [-0.2, -0.15) is 13.2 Å². The van der Waals surface area contributed by atoms with E-state index in [0.29, 0.717) is 0 Å². The second kappa shape index (κ2) is 5.86. The van der Waals surface area contributed by atoms with Gasteiger partial charge in [0.05, 0.1) is 12.0 Å². The maximum Gasteiger partial charge on any atom is 0.440 e. The van der Waals surface area contributed by atoms with Crippen molar-refractivity contribution in [2.24, 2.45) is 0 Å². The van der Waals surface area contributed by atoms with E-state index in [1.165, 1.54) is 16.7 Å². The number of alkyl halides is 3. The highest BCUT2D eigenvalue weighted by Crippen LogP contribution is 2.36. The largest absolute Gasteiger partial charge is 0.459 e. The second-order valence-electron chi connectivity index (χ2n) is 5.23. The highest BCUT2D eigenvalue weighted by molar-refractivity contribution is 6.24. The van der Waals surface area contributed by atoms with Crippen LogP contribution in [0, 0.1) is 5.82 Å². The van der Waals surface area contributed by atoms with Gasteiger partial charge in [-0.3, -0.25) is 14.9 Å². The molecule has 0 radical (unpaired) electrons. The van der Waals surface area contributed by atoms with Crippen molar-refractivity contribution in [2.75, 3.05) is 4.90 Å². The van der Waals surface area contributed by atoms with Crippen LogP contribution in [0.5, 0.6) is 0 Å². The number of halogens is 4. The van der Waals surface area contributed by atoms with Gasteiger partial charge in [0.1, 0.15) is 5.82 Å². The van der Waals surface area contributed by atoms with E-state index in [0.717, 1.165) is 36.6 Å². The van der Waals surface area contributed by atoms with Gasteiger partial charge < -0.3 is 9.73 Å². The first-order valence-corrected chi connectivity index (χ1v) is 7.01. The minimum absolute atomic E-state index is 0.162. The third kappa shape index (κ3) is 2.66. The molecule has 1 aliphatic heterocycles. The molecule has 2 heterocycles. The Balaban J connectivity index is 2.00. The quantitative estimate of drug-likeness (QED) is 0.639. The van der Waals surface area contributed by atoms with Crippen molar-refractivity contribution >= 4 is 23.5 Å². The van der Waals surface area contributed by atoms with E-state index in [9.17, 15) is 31.9 Å². The fourth-order valence-electron chi connectivity index (χ4n) is 2.34. The van der Waals surface area contributed by atoms with E-state index in [4.69, 9.17) is 4.42 Å². The molecular weight excluding hydrogens is 362 g/mol. The number of hydrogen-bond acceptors (Lipinski definition) is 4. The lowest BCUT2D eigenvalue weighted by atomic mass is 10.1. The average molecular weight is 371 g/mol. The van der Waals surface area contributed by atoms with Crippen LogP contribution in [0.15, 0.2) is 47.1 Å². The lowest BCUT2D eigenvalue weighted by Gasteiger charge is -2.29. The zero-order chi connectivity index (χ0) is 19.1. The summed E-state index contributed by atoms with van der Waals surface area (Å²) in [7, 11) is 0. The number of amides is 4. The Labute approximate surface area is 142 Å². The minimum Gasteiger partial charge on any atom is -0.459 e. The van der Waals surface area contributed by atoms with Crippen LogP contribution in [0.4, 0.5) is 28.0 Å². The van der Waals surface area contributed by atoms with Gasteiger partial charge in [-0.05, 0) is 36.4 Å². The fourth-order valence-corrected chi connectivity index (χ4v) is 2.34. The Hall–Kier alpha value is -3.37. The van der Waals surface area contributed by atoms with E-state index in [1.54, 1.807) is 0 Å². The predicted octanol–water partition coefficient (Wildman–Crippen LogP) is 2.16. The van der Waals surface area contributed by atoms with Crippen LogP contribution < -0.4 is 15.5 Å². The Morgan fingerprint density at radius 2 is 1.81 bits per heavy atom. The summed E-state index contributed by atoms with van der Waals surface area (Å²) in [6, 6.07) is 4.54. The third-order valence-corrected chi connectivity index (χ3v) is 3.58. The minimum atomic E-state index is -5.36. The zero-order valence-corrected chi connectivity index (χ0v) is 12.6. The molecule has 1 fully saturated rings. The number of rotatable bonds is 3. The van der Waals surface area contributed by atoms with Crippen molar-refractivity contribution in [1.82, 2.24) is 10.6 Å². The molecule has 11 heteroatoms. The van der Waals surface area contributed by atoms with E-state index in [-0.39, 0.29) is 10.6 Å². The topological polar surface area (TPSA) is 91.7 Å².